The van der Waals surface area contributed by atoms with Gasteiger partial charge in [-0.1, -0.05) is 23.1 Å². The summed E-state index contributed by atoms with van der Waals surface area (Å²) in [5.74, 6) is 1.58. The summed E-state index contributed by atoms with van der Waals surface area (Å²) in [4.78, 5) is 19.4. The van der Waals surface area contributed by atoms with E-state index >= 15 is 0 Å². The fourth-order valence-electron chi connectivity index (χ4n) is 1.89. The second-order valence-corrected chi connectivity index (χ2v) is 6.77. The average Bonchev–Trinajstić information content (AvgIpc) is 3.15. The summed E-state index contributed by atoms with van der Waals surface area (Å²) in [6.45, 7) is 0.328. The predicted octanol–water partition coefficient (Wildman–Crippen LogP) is 1.41. The number of rotatable bonds is 6. The zero-order valence-electron chi connectivity index (χ0n) is 12.2. The summed E-state index contributed by atoms with van der Waals surface area (Å²) < 4.78 is 5.84. The van der Waals surface area contributed by atoms with E-state index in [0.29, 0.717) is 21.8 Å². The number of nitrogen functional groups attached to an aromatic ring is 1. The third-order valence-corrected chi connectivity index (χ3v) is 4.83. The summed E-state index contributed by atoms with van der Waals surface area (Å²) in [6.07, 6.45) is 0. The summed E-state index contributed by atoms with van der Waals surface area (Å²) >= 11 is 2.56. The number of anilines is 1. The Balaban J connectivity index is 1.54. The van der Waals surface area contributed by atoms with Crippen LogP contribution < -0.4 is 15.8 Å². The van der Waals surface area contributed by atoms with E-state index in [4.69, 9.17) is 10.5 Å². The maximum atomic E-state index is 11.8. The molecule has 1 aromatic carbocycles. The van der Waals surface area contributed by atoms with Gasteiger partial charge in [0.15, 0.2) is 4.34 Å². The molecule has 0 saturated heterocycles. The molecule has 0 aliphatic carbocycles. The topological polar surface area (TPSA) is 119 Å². The largest absolute Gasteiger partial charge is 0.497 e. The first-order chi connectivity index (χ1) is 11.1. The van der Waals surface area contributed by atoms with Crippen LogP contribution in [0, 0.1) is 0 Å². The number of benzene rings is 1. The number of ether oxygens (including phenoxy) is 1. The van der Waals surface area contributed by atoms with Crippen LogP contribution in [0.15, 0.2) is 22.5 Å². The highest BCUT2D eigenvalue weighted by Crippen LogP contribution is 2.23. The van der Waals surface area contributed by atoms with Crippen molar-refractivity contribution in [2.45, 2.75) is 10.9 Å². The smallest absolute Gasteiger partial charge is 0.230 e. The van der Waals surface area contributed by atoms with E-state index in [2.05, 4.69) is 25.5 Å². The predicted molar refractivity (Wildman–Crippen MR) is 89.5 cm³/mol. The SMILES string of the molecule is COc1ccc2nc(CNC(=O)CSc3nnc(N)s3)[nH]c2c1. The number of hydrogen-bond donors (Lipinski definition) is 3. The molecule has 4 N–H and O–H groups in total. The average molecular weight is 350 g/mol. The van der Waals surface area contributed by atoms with Crippen molar-refractivity contribution in [3.05, 3.63) is 24.0 Å². The zero-order chi connectivity index (χ0) is 16.2. The number of aromatic nitrogens is 4. The molecule has 3 rings (SSSR count). The Kier molecular flexibility index (Phi) is 4.63. The Labute approximate surface area is 139 Å². The highest BCUT2D eigenvalue weighted by Gasteiger charge is 2.08. The number of hydrogen-bond acceptors (Lipinski definition) is 8. The van der Waals surface area contributed by atoms with Gasteiger partial charge in [-0.15, -0.1) is 10.2 Å². The number of aromatic amines is 1. The van der Waals surface area contributed by atoms with Gasteiger partial charge in [-0.2, -0.15) is 0 Å². The minimum absolute atomic E-state index is 0.109. The highest BCUT2D eigenvalue weighted by atomic mass is 32.2. The molecule has 1 amide bonds. The molecule has 2 heterocycles. The molecule has 0 unspecified atom stereocenters. The summed E-state index contributed by atoms with van der Waals surface area (Å²) in [7, 11) is 1.61. The van der Waals surface area contributed by atoms with E-state index in [1.807, 2.05) is 18.2 Å². The van der Waals surface area contributed by atoms with Crippen LogP contribution in [0.2, 0.25) is 0 Å². The molecule has 3 aromatic rings. The van der Waals surface area contributed by atoms with Gasteiger partial charge in [-0.25, -0.2) is 4.98 Å². The minimum Gasteiger partial charge on any atom is -0.497 e. The molecular formula is C13H14N6O2S2. The molecule has 0 saturated carbocycles. The molecule has 0 atom stereocenters. The first kappa shape index (κ1) is 15.6. The Morgan fingerprint density at radius 3 is 3.09 bits per heavy atom. The Bertz CT molecular complexity index is 831. The monoisotopic (exact) mass is 350 g/mol. The third-order valence-electron chi connectivity index (χ3n) is 2.94. The van der Waals surface area contributed by atoms with Gasteiger partial charge in [0, 0.05) is 6.07 Å². The maximum absolute atomic E-state index is 11.8. The number of nitrogens with zero attached hydrogens (tertiary/aromatic N) is 3. The standard InChI is InChI=1S/C13H14N6O2S2/c1-21-7-2-3-8-9(4-7)17-10(16-8)5-15-11(20)6-22-13-19-18-12(14)23-13/h2-4H,5-6H2,1H3,(H2,14,18)(H,15,20)(H,16,17). The van der Waals surface area contributed by atoms with Crippen LogP contribution in [0.1, 0.15) is 5.82 Å². The Morgan fingerprint density at radius 1 is 1.48 bits per heavy atom. The molecule has 0 fully saturated rings. The summed E-state index contributed by atoms with van der Waals surface area (Å²) in [5, 5.41) is 10.7. The molecule has 0 radical (unpaired) electrons. The number of nitrogens with two attached hydrogens (primary N) is 1. The molecule has 0 aliphatic heterocycles. The van der Waals surface area contributed by atoms with Crippen molar-refractivity contribution in [2.24, 2.45) is 0 Å². The van der Waals surface area contributed by atoms with Gasteiger partial charge < -0.3 is 20.8 Å². The van der Waals surface area contributed by atoms with Gasteiger partial charge in [0.05, 0.1) is 30.4 Å². The van der Waals surface area contributed by atoms with Crippen molar-refractivity contribution < 1.29 is 9.53 Å². The van der Waals surface area contributed by atoms with Gasteiger partial charge in [-0.05, 0) is 12.1 Å². The van der Waals surface area contributed by atoms with Crippen LogP contribution in [-0.4, -0.2) is 38.9 Å². The van der Waals surface area contributed by atoms with E-state index < -0.39 is 0 Å². The second kappa shape index (κ2) is 6.84. The number of methoxy groups -OCH3 is 1. The Morgan fingerprint density at radius 2 is 2.35 bits per heavy atom. The number of fused-ring (bicyclic) bond motifs is 1. The number of carbonyl (C=O) groups excluding carboxylic acids is 1. The van der Waals surface area contributed by atoms with Gasteiger partial charge in [0.2, 0.25) is 11.0 Å². The first-order valence-corrected chi connectivity index (χ1v) is 8.45. The van der Waals surface area contributed by atoms with E-state index in [1.165, 1.54) is 23.1 Å². The summed E-state index contributed by atoms with van der Waals surface area (Å²) in [5.41, 5.74) is 7.18. The molecule has 23 heavy (non-hydrogen) atoms. The lowest BCUT2D eigenvalue weighted by atomic mass is 10.3. The number of imidazole rings is 1. The van der Waals surface area contributed by atoms with Crippen LogP contribution in [0.3, 0.4) is 0 Å². The fraction of sp³-hybridized carbons (Fsp3) is 0.231. The molecule has 0 bridgehead atoms. The van der Waals surface area contributed by atoms with Crippen molar-refractivity contribution >= 4 is 45.2 Å². The molecular weight excluding hydrogens is 336 g/mol. The first-order valence-electron chi connectivity index (χ1n) is 6.65. The molecule has 10 heteroatoms. The maximum Gasteiger partial charge on any atom is 0.230 e. The highest BCUT2D eigenvalue weighted by molar-refractivity contribution is 8.01. The van der Waals surface area contributed by atoms with Gasteiger partial charge in [0.25, 0.3) is 0 Å². The van der Waals surface area contributed by atoms with Crippen molar-refractivity contribution in [2.75, 3.05) is 18.6 Å². The quantitative estimate of drug-likeness (QED) is 0.575. The van der Waals surface area contributed by atoms with Crippen LogP contribution in [0.4, 0.5) is 5.13 Å². The van der Waals surface area contributed by atoms with E-state index in [9.17, 15) is 4.79 Å². The Hall–Kier alpha value is -2.33. The van der Waals surface area contributed by atoms with Crippen LogP contribution >= 0.6 is 23.1 Å². The lowest BCUT2D eigenvalue weighted by molar-refractivity contribution is -0.118. The van der Waals surface area contributed by atoms with Crippen molar-refractivity contribution in [1.82, 2.24) is 25.5 Å². The normalized spacial score (nSPS) is 10.8. The second-order valence-electron chi connectivity index (χ2n) is 4.54. The van der Waals surface area contributed by atoms with Gasteiger partial charge >= 0.3 is 0 Å². The molecule has 0 aliphatic rings. The zero-order valence-corrected chi connectivity index (χ0v) is 13.8. The fourth-order valence-corrected chi connectivity index (χ4v) is 3.36. The molecule has 2 aromatic heterocycles. The molecule has 0 spiro atoms. The van der Waals surface area contributed by atoms with Crippen molar-refractivity contribution in [3.63, 3.8) is 0 Å². The number of nitrogens with one attached hydrogen (secondary N) is 2. The number of H-pyrrole nitrogens is 1. The lowest BCUT2D eigenvalue weighted by Gasteiger charge is -2.01. The van der Waals surface area contributed by atoms with Crippen molar-refractivity contribution in [3.8, 4) is 5.75 Å². The van der Waals surface area contributed by atoms with Crippen molar-refractivity contribution in [1.29, 1.82) is 0 Å². The third kappa shape index (κ3) is 3.90. The summed E-state index contributed by atoms with van der Waals surface area (Å²) in [6, 6.07) is 5.57. The minimum atomic E-state index is -0.109. The molecule has 120 valence electrons. The van der Waals surface area contributed by atoms with Crippen LogP contribution in [0.5, 0.6) is 5.75 Å². The van der Waals surface area contributed by atoms with Gasteiger partial charge in [0.1, 0.15) is 11.6 Å². The number of carbonyl (C=O) groups is 1. The van der Waals surface area contributed by atoms with Gasteiger partial charge in [-0.3, -0.25) is 4.79 Å². The van der Waals surface area contributed by atoms with Crippen LogP contribution in [0.25, 0.3) is 11.0 Å². The number of thioether (sulfide) groups is 1. The number of amides is 1. The lowest BCUT2D eigenvalue weighted by Crippen LogP contribution is -2.25. The van der Waals surface area contributed by atoms with E-state index in [-0.39, 0.29) is 11.7 Å². The van der Waals surface area contributed by atoms with E-state index in [1.54, 1.807) is 7.11 Å². The molecule has 8 nitrogen and oxygen atoms in total. The van der Waals surface area contributed by atoms with E-state index in [0.717, 1.165) is 16.8 Å². The van der Waals surface area contributed by atoms with Crippen LogP contribution in [-0.2, 0) is 11.3 Å².